The predicted octanol–water partition coefficient (Wildman–Crippen LogP) is 3.28. The molecule has 0 heterocycles. The van der Waals surface area contributed by atoms with Crippen LogP contribution in [0.4, 0.5) is 17.6 Å². The van der Waals surface area contributed by atoms with E-state index in [1.54, 1.807) is 0 Å². The molecule has 1 aromatic rings. The number of esters is 1. The molecule has 0 fully saturated rings. The van der Waals surface area contributed by atoms with E-state index in [0.717, 1.165) is 7.11 Å². The van der Waals surface area contributed by atoms with E-state index in [4.69, 9.17) is 11.6 Å². The summed E-state index contributed by atoms with van der Waals surface area (Å²) in [4.78, 5) is 11.1. The van der Waals surface area contributed by atoms with E-state index in [0.29, 0.717) is 6.07 Å². The van der Waals surface area contributed by atoms with Crippen molar-refractivity contribution in [2.24, 2.45) is 0 Å². The van der Waals surface area contributed by atoms with Crippen LogP contribution in [0.2, 0.25) is 5.02 Å². The second-order valence-electron chi connectivity index (χ2n) is 2.80. The number of benzene rings is 1. The number of hydrogen-bond acceptors (Lipinski definition) is 2. The number of carbonyl (C=O) groups is 1. The van der Waals surface area contributed by atoms with Crippen molar-refractivity contribution < 1.29 is 27.1 Å². The Labute approximate surface area is 92.8 Å². The maximum absolute atomic E-state index is 12.8. The van der Waals surface area contributed by atoms with E-state index in [9.17, 15) is 22.4 Å². The van der Waals surface area contributed by atoms with Gasteiger partial charge in [-0.15, -0.1) is 0 Å². The molecule has 0 aromatic heterocycles. The highest BCUT2D eigenvalue weighted by Gasteiger charge is 2.37. The van der Waals surface area contributed by atoms with Gasteiger partial charge >= 0.3 is 12.1 Å². The molecule has 16 heavy (non-hydrogen) atoms. The largest absolute Gasteiger partial charge is 0.465 e. The summed E-state index contributed by atoms with van der Waals surface area (Å²) < 4.78 is 54.3. The van der Waals surface area contributed by atoms with Crippen LogP contribution in [0.25, 0.3) is 0 Å². The average molecular weight is 257 g/mol. The number of ether oxygens (including phenoxy) is 1. The molecule has 0 aliphatic heterocycles. The zero-order valence-electron chi connectivity index (χ0n) is 7.86. The zero-order chi connectivity index (χ0) is 12.5. The number of methoxy groups -OCH3 is 1. The second-order valence-corrected chi connectivity index (χ2v) is 3.21. The molecule has 88 valence electrons. The number of alkyl halides is 3. The lowest BCUT2D eigenvalue weighted by Crippen LogP contribution is -2.15. The molecule has 0 unspecified atom stereocenters. The van der Waals surface area contributed by atoms with Gasteiger partial charge < -0.3 is 4.74 Å². The fourth-order valence-electron chi connectivity index (χ4n) is 1.11. The zero-order valence-corrected chi connectivity index (χ0v) is 8.62. The Kier molecular flexibility index (Phi) is 3.42. The second kappa shape index (κ2) is 4.29. The molecule has 0 saturated carbocycles. The van der Waals surface area contributed by atoms with Crippen molar-refractivity contribution in [3.05, 3.63) is 34.1 Å². The summed E-state index contributed by atoms with van der Waals surface area (Å²) in [6, 6.07) is 0.807. The Morgan fingerprint density at radius 3 is 2.38 bits per heavy atom. The first-order valence-electron chi connectivity index (χ1n) is 3.92. The van der Waals surface area contributed by atoms with Crippen molar-refractivity contribution in [1.29, 1.82) is 0 Å². The smallest absolute Gasteiger partial charge is 0.417 e. The number of hydrogen-bond donors (Lipinski definition) is 0. The van der Waals surface area contributed by atoms with Crippen LogP contribution in [-0.4, -0.2) is 13.1 Å². The number of rotatable bonds is 1. The van der Waals surface area contributed by atoms with E-state index < -0.39 is 34.1 Å². The van der Waals surface area contributed by atoms with E-state index in [2.05, 4.69) is 4.74 Å². The Hall–Kier alpha value is -1.30. The molecule has 0 radical (unpaired) electrons. The molecule has 0 amide bonds. The van der Waals surface area contributed by atoms with Crippen molar-refractivity contribution in [3.63, 3.8) is 0 Å². The van der Waals surface area contributed by atoms with Crippen LogP contribution in [0.5, 0.6) is 0 Å². The van der Waals surface area contributed by atoms with Gasteiger partial charge in [-0.25, -0.2) is 9.18 Å². The summed E-state index contributed by atoms with van der Waals surface area (Å²) in [5.74, 6) is -2.44. The third-order valence-electron chi connectivity index (χ3n) is 1.75. The third kappa shape index (κ3) is 2.44. The molecule has 0 atom stereocenters. The van der Waals surface area contributed by atoms with Crippen molar-refractivity contribution >= 4 is 17.6 Å². The maximum atomic E-state index is 12.8. The minimum absolute atomic E-state index is 0.193. The predicted molar refractivity (Wildman–Crippen MR) is 47.8 cm³/mol. The van der Waals surface area contributed by atoms with Crippen molar-refractivity contribution in [3.8, 4) is 0 Å². The van der Waals surface area contributed by atoms with Gasteiger partial charge in [0.1, 0.15) is 5.82 Å². The van der Waals surface area contributed by atoms with Crippen LogP contribution >= 0.6 is 11.6 Å². The maximum Gasteiger partial charge on any atom is 0.417 e. The Morgan fingerprint density at radius 1 is 1.38 bits per heavy atom. The van der Waals surface area contributed by atoms with Gasteiger partial charge in [0.25, 0.3) is 0 Å². The molecule has 7 heteroatoms. The van der Waals surface area contributed by atoms with Gasteiger partial charge in [0.15, 0.2) is 0 Å². The molecule has 1 aromatic carbocycles. The monoisotopic (exact) mass is 256 g/mol. The summed E-state index contributed by atoms with van der Waals surface area (Å²) in [5, 5.41) is -0.640. The normalized spacial score (nSPS) is 11.4. The molecule has 1 rings (SSSR count). The summed E-state index contributed by atoms with van der Waals surface area (Å²) in [5.41, 5.74) is -2.34. The lowest BCUT2D eigenvalue weighted by Gasteiger charge is -2.12. The third-order valence-corrected chi connectivity index (χ3v) is 2.05. The van der Waals surface area contributed by atoms with Gasteiger partial charge in [-0.2, -0.15) is 13.2 Å². The van der Waals surface area contributed by atoms with Gasteiger partial charge in [-0.3, -0.25) is 0 Å². The van der Waals surface area contributed by atoms with Crippen molar-refractivity contribution in [1.82, 2.24) is 0 Å². The lowest BCUT2D eigenvalue weighted by molar-refractivity contribution is -0.138. The summed E-state index contributed by atoms with van der Waals surface area (Å²) in [6.07, 6.45) is -4.88. The summed E-state index contributed by atoms with van der Waals surface area (Å²) in [6.45, 7) is 0. The van der Waals surface area contributed by atoms with Crippen LogP contribution in [0.3, 0.4) is 0 Å². The lowest BCUT2D eigenvalue weighted by atomic mass is 10.1. The first kappa shape index (κ1) is 12.8. The van der Waals surface area contributed by atoms with Gasteiger partial charge in [0.05, 0.1) is 23.3 Å². The topological polar surface area (TPSA) is 26.3 Å². The van der Waals surface area contributed by atoms with Gasteiger partial charge in [-0.1, -0.05) is 11.6 Å². The number of carbonyl (C=O) groups excluding carboxylic acids is 1. The molecule has 0 aliphatic rings. The molecule has 0 saturated heterocycles. The minimum atomic E-state index is -4.88. The molecule has 2 nitrogen and oxygen atoms in total. The molecular formula is C9H5ClF4O2. The van der Waals surface area contributed by atoms with Crippen molar-refractivity contribution in [2.75, 3.05) is 7.11 Å². The molecule has 0 aliphatic carbocycles. The van der Waals surface area contributed by atoms with Crippen LogP contribution in [0.15, 0.2) is 12.1 Å². The first-order valence-corrected chi connectivity index (χ1v) is 4.29. The van der Waals surface area contributed by atoms with Crippen LogP contribution < -0.4 is 0 Å². The highest BCUT2D eigenvalue weighted by Crippen LogP contribution is 2.36. The molecule has 0 N–H and O–H groups in total. The Morgan fingerprint density at radius 2 is 1.94 bits per heavy atom. The number of halogens is 5. The SMILES string of the molecule is COC(=O)c1c(Cl)cc(F)cc1C(F)(F)F. The highest BCUT2D eigenvalue weighted by atomic mass is 35.5. The summed E-state index contributed by atoms with van der Waals surface area (Å²) >= 11 is 5.37. The van der Waals surface area contributed by atoms with E-state index in [1.807, 2.05) is 0 Å². The van der Waals surface area contributed by atoms with E-state index >= 15 is 0 Å². The minimum Gasteiger partial charge on any atom is -0.465 e. The van der Waals surface area contributed by atoms with Crippen LogP contribution in [0, 0.1) is 5.82 Å². The van der Waals surface area contributed by atoms with E-state index in [1.165, 1.54) is 0 Å². The average Bonchev–Trinajstić information content (AvgIpc) is 2.14. The Bertz CT molecular complexity index is 428. The molecule has 0 bridgehead atoms. The van der Waals surface area contributed by atoms with Crippen LogP contribution in [0.1, 0.15) is 15.9 Å². The van der Waals surface area contributed by atoms with Crippen molar-refractivity contribution in [2.45, 2.75) is 6.18 Å². The van der Waals surface area contributed by atoms with Gasteiger partial charge in [0, 0.05) is 0 Å². The Balaban J connectivity index is 3.51. The quantitative estimate of drug-likeness (QED) is 0.569. The molecule has 0 spiro atoms. The summed E-state index contributed by atoms with van der Waals surface area (Å²) in [7, 11) is 0.905. The van der Waals surface area contributed by atoms with E-state index in [-0.39, 0.29) is 6.07 Å². The first-order chi connectivity index (χ1) is 7.27. The fourth-order valence-corrected chi connectivity index (χ4v) is 1.39. The van der Waals surface area contributed by atoms with Gasteiger partial charge in [0.2, 0.25) is 0 Å². The molecular weight excluding hydrogens is 252 g/mol. The van der Waals surface area contributed by atoms with Gasteiger partial charge in [-0.05, 0) is 12.1 Å². The highest BCUT2D eigenvalue weighted by molar-refractivity contribution is 6.33. The van der Waals surface area contributed by atoms with Crippen LogP contribution in [-0.2, 0) is 10.9 Å². The standard InChI is InChI=1S/C9H5ClF4O2/c1-16-8(15)7-5(9(12,13)14)2-4(11)3-6(7)10/h2-3H,1H3. The fraction of sp³-hybridized carbons (Fsp3) is 0.222.